The summed E-state index contributed by atoms with van der Waals surface area (Å²) in [5.74, 6) is -0.142. The minimum Gasteiger partial charge on any atom is -0.506 e. The summed E-state index contributed by atoms with van der Waals surface area (Å²) in [7, 11) is -0.977. The molecule has 7 nitrogen and oxygen atoms in total. The fraction of sp³-hybridized carbons (Fsp3) is 0.389. The van der Waals surface area contributed by atoms with Gasteiger partial charge >= 0.3 is 7.60 Å². The number of phenols is 1. The van der Waals surface area contributed by atoms with Crippen LogP contribution in [0.2, 0.25) is 10.0 Å². The van der Waals surface area contributed by atoms with E-state index in [1.54, 1.807) is 12.3 Å². The van der Waals surface area contributed by atoms with E-state index in [2.05, 4.69) is 9.88 Å². The molecule has 1 unspecified atom stereocenters. The molecule has 28 heavy (non-hydrogen) atoms. The average molecular weight is 446 g/mol. The molecule has 1 N–H and O–H groups in total. The van der Waals surface area contributed by atoms with E-state index in [1.165, 1.54) is 20.3 Å². The Morgan fingerprint density at radius 3 is 2.39 bits per heavy atom. The minimum atomic E-state index is -3.63. The van der Waals surface area contributed by atoms with Crippen LogP contribution in [-0.4, -0.2) is 55.4 Å². The topological polar surface area (TPSA) is 75.1 Å². The van der Waals surface area contributed by atoms with Crippen molar-refractivity contribution < 1.29 is 18.7 Å². The third-order valence-electron chi connectivity index (χ3n) is 4.78. The number of piperazine rings is 1. The SMILES string of the molecule is COP(=O)(OC)C(c1cc(Cl)cc(Cl)c1O)N1CCN(c2ccccn2)CC1. The number of aromatic hydroxyl groups is 1. The summed E-state index contributed by atoms with van der Waals surface area (Å²) in [6.07, 6.45) is 1.75. The Kier molecular flexibility index (Phi) is 6.86. The van der Waals surface area contributed by atoms with Crippen LogP contribution in [0, 0.1) is 0 Å². The number of hydrogen-bond donors (Lipinski definition) is 1. The van der Waals surface area contributed by atoms with Crippen LogP contribution in [0.3, 0.4) is 0 Å². The maximum absolute atomic E-state index is 13.4. The first-order chi connectivity index (χ1) is 13.4. The third-order valence-corrected chi connectivity index (χ3v) is 7.51. The summed E-state index contributed by atoms with van der Waals surface area (Å²) in [5.41, 5.74) is 0.316. The van der Waals surface area contributed by atoms with Gasteiger partial charge in [-0.15, -0.1) is 0 Å². The number of halogens is 2. The Morgan fingerprint density at radius 1 is 1.14 bits per heavy atom. The van der Waals surface area contributed by atoms with Gasteiger partial charge in [-0.2, -0.15) is 0 Å². The molecule has 2 aromatic rings. The number of anilines is 1. The van der Waals surface area contributed by atoms with E-state index in [1.807, 2.05) is 23.1 Å². The van der Waals surface area contributed by atoms with Gasteiger partial charge in [0.25, 0.3) is 0 Å². The molecule has 1 fully saturated rings. The van der Waals surface area contributed by atoms with Crippen LogP contribution in [-0.2, 0) is 13.6 Å². The van der Waals surface area contributed by atoms with Crippen LogP contribution in [0.4, 0.5) is 5.82 Å². The number of benzene rings is 1. The van der Waals surface area contributed by atoms with E-state index >= 15 is 0 Å². The highest BCUT2D eigenvalue weighted by Gasteiger charge is 2.43. The van der Waals surface area contributed by atoms with Crippen molar-refractivity contribution in [3.05, 3.63) is 52.1 Å². The van der Waals surface area contributed by atoms with Crippen molar-refractivity contribution in [1.82, 2.24) is 9.88 Å². The lowest BCUT2D eigenvalue weighted by molar-refractivity contribution is 0.179. The number of pyridine rings is 1. The number of aromatic nitrogens is 1. The molecule has 0 spiro atoms. The van der Waals surface area contributed by atoms with Crippen molar-refractivity contribution in [3.63, 3.8) is 0 Å². The minimum absolute atomic E-state index is 0.0818. The molecule has 0 amide bonds. The molecule has 1 aliphatic rings. The summed E-state index contributed by atoms with van der Waals surface area (Å²) in [5, 5.41) is 10.9. The Hall–Kier alpha value is -1.34. The second kappa shape index (κ2) is 8.99. The lowest BCUT2D eigenvalue weighted by Gasteiger charge is -2.41. The predicted molar refractivity (Wildman–Crippen MR) is 111 cm³/mol. The van der Waals surface area contributed by atoms with E-state index < -0.39 is 13.4 Å². The average Bonchev–Trinajstić information content (AvgIpc) is 2.72. The lowest BCUT2D eigenvalue weighted by atomic mass is 10.1. The molecule has 2 heterocycles. The Labute approximate surface area is 174 Å². The Bertz CT molecular complexity index is 855. The molecule has 152 valence electrons. The molecule has 1 aromatic carbocycles. The second-order valence-corrected chi connectivity index (χ2v) is 9.46. The highest BCUT2D eigenvalue weighted by Crippen LogP contribution is 2.63. The van der Waals surface area contributed by atoms with Gasteiger partial charge in [0.15, 0.2) is 0 Å². The zero-order valence-electron chi connectivity index (χ0n) is 15.6. The van der Waals surface area contributed by atoms with Crippen molar-refractivity contribution in [2.24, 2.45) is 0 Å². The van der Waals surface area contributed by atoms with E-state index in [0.717, 1.165) is 5.82 Å². The van der Waals surface area contributed by atoms with Gasteiger partial charge in [0.2, 0.25) is 0 Å². The third kappa shape index (κ3) is 4.30. The van der Waals surface area contributed by atoms with Crippen molar-refractivity contribution in [2.75, 3.05) is 45.3 Å². The molecule has 0 radical (unpaired) electrons. The monoisotopic (exact) mass is 445 g/mol. The summed E-state index contributed by atoms with van der Waals surface area (Å²) in [6.45, 7) is 2.44. The van der Waals surface area contributed by atoms with E-state index in [0.29, 0.717) is 36.8 Å². The zero-order chi connectivity index (χ0) is 20.3. The van der Waals surface area contributed by atoms with Crippen molar-refractivity contribution in [1.29, 1.82) is 0 Å². The van der Waals surface area contributed by atoms with Crippen molar-refractivity contribution in [2.45, 2.75) is 5.78 Å². The Morgan fingerprint density at radius 2 is 1.82 bits per heavy atom. The molecule has 1 atom stereocenters. The van der Waals surface area contributed by atoms with E-state index in [9.17, 15) is 9.67 Å². The van der Waals surface area contributed by atoms with Gasteiger partial charge in [0.05, 0.1) is 5.02 Å². The smallest absolute Gasteiger partial charge is 0.351 e. The van der Waals surface area contributed by atoms with Crippen LogP contribution in [0.25, 0.3) is 0 Å². The van der Waals surface area contributed by atoms with Crippen LogP contribution in [0.5, 0.6) is 5.75 Å². The van der Waals surface area contributed by atoms with Gasteiger partial charge in [0, 0.05) is 57.2 Å². The van der Waals surface area contributed by atoms with Crippen molar-refractivity contribution >= 4 is 36.6 Å². The zero-order valence-corrected chi connectivity index (χ0v) is 18.0. The largest absolute Gasteiger partial charge is 0.506 e. The van der Waals surface area contributed by atoms with Gasteiger partial charge in [-0.05, 0) is 24.3 Å². The molecule has 10 heteroatoms. The first kappa shape index (κ1) is 21.4. The van der Waals surface area contributed by atoms with Crippen LogP contribution in [0.15, 0.2) is 36.5 Å². The second-order valence-electron chi connectivity index (χ2n) is 6.32. The number of nitrogens with zero attached hydrogens (tertiary/aromatic N) is 3. The number of rotatable bonds is 6. The highest BCUT2D eigenvalue weighted by atomic mass is 35.5. The van der Waals surface area contributed by atoms with Crippen molar-refractivity contribution in [3.8, 4) is 5.75 Å². The quantitative estimate of drug-likeness (QED) is 0.660. The lowest BCUT2D eigenvalue weighted by Crippen LogP contribution is -2.48. The highest BCUT2D eigenvalue weighted by molar-refractivity contribution is 7.54. The molecule has 1 saturated heterocycles. The van der Waals surface area contributed by atoms with Gasteiger partial charge in [-0.25, -0.2) is 4.98 Å². The van der Waals surface area contributed by atoms with E-state index in [4.69, 9.17) is 32.2 Å². The molecule has 1 aliphatic heterocycles. The summed E-state index contributed by atoms with van der Waals surface area (Å²) >= 11 is 12.2. The summed E-state index contributed by atoms with van der Waals surface area (Å²) in [4.78, 5) is 8.47. The van der Waals surface area contributed by atoms with E-state index in [-0.39, 0.29) is 10.8 Å². The molecule has 0 aliphatic carbocycles. The standard InChI is InChI=1S/C18H22Cl2N3O4P/c1-26-28(25,27-2)18(14-11-13(19)12-15(20)17(14)24)23-9-7-22(8-10-23)16-5-3-4-6-21-16/h3-6,11-12,18,24H,7-10H2,1-2H3. The first-order valence-corrected chi connectivity index (χ1v) is 11.1. The van der Waals surface area contributed by atoms with Crippen LogP contribution in [0.1, 0.15) is 11.3 Å². The first-order valence-electron chi connectivity index (χ1n) is 8.68. The summed E-state index contributed by atoms with van der Waals surface area (Å²) in [6, 6.07) is 8.74. The fourth-order valence-electron chi connectivity index (χ4n) is 3.36. The fourth-order valence-corrected chi connectivity index (χ4v) is 5.59. The van der Waals surface area contributed by atoms with Crippen LogP contribution >= 0.6 is 30.8 Å². The van der Waals surface area contributed by atoms with Gasteiger partial charge in [0.1, 0.15) is 17.4 Å². The molecule has 0 bridgehead atoms. The molecule has 0 saturated carbocycles. The maximum Gasteiger partial charge on any atom is 0.351 e. The molecule has 3 rings (SSSR count). The Balaban J connectivity index is 1.93. The normalized spacial score (nSPS) is 16.9. The summed E-state index contributed by atoms with van der Waals surface area (Å²) < 4.78 is 23.9. The van der Waals surface area contributed by atoms with Gasteiger partial charge in [-0.1, -0.05) is 29.3 Å². The van der Waals surface area contributed by atoms with Crippen LogP contribution < -0.4 is 4.90 Å². The van der Waals surface area contributed by atoms with Gasteiger partial charge in [-0.3, -0.25) is 9.46 Å². The molecule has 1 aromatic heterocycles. The van der Waals surface area contributed by atoms with Gasteiger partial charge < -0.3 is 19.1 Å². The number of phenolic OH excluding ortho intramolecular Hbond substituents is 1. The predicted octanol–water partition coefficient (Wildman–Crippen LogP) is 4.40. The number of hydrogen-bond acceptors (Lipinski definition) is 7. The molecular weight excluding hydrogens is 424 g/mol. The maximum atomic E-state index is 13.4. The molecular formula is C18H22Cl2N3O4P.